The Labute approximate surface area is 103 Å². The lowest BCUT2D eigenvalue weighted by Crippen LogP contribution is -2.58. The van der Waals surface area contributed by atoms with Crippen molar-refractivity contribution in [3.63, 3.8) is 0 Å². The van der Waals surface area contributed by atoms with Crippen LogP contribution in [0.2, 0.25) is 0 Å². The highest BCUT2D eigenvalue weighted by atomic mass is 15.3. The van der Waals surface area contributed by atoms with Crippen LogP contribution in [0.1, 0.15) is 20.3 Å². The monoisotopic (exact) mass is 231 g/mol. The molecule has 2 fully saturated rings. The Morgan fingerprint density at radius 2 is 2.12 bits per heavy atom. The molecule has 0 radical (unpaired) electrons. The van der Waals surface area contributed by atoms with E-state index in [1.165, 1.54) is 38.3 Å². The second-order valence-electron chi connectivity index (χ2n) is 5.88. The molecule has 3 rings (SSSR count). The molecular formula is C14H21N3. The van der Waals surface area contributed by atoms with Gasteiger partial charge >= 0.3 is 0 Å². The van der Waals surface area contributed by atoms with Crippen LogP contribution in [0.15, 0.2) is 24.5 Å². The number of pyridine rings is 1. The van der Waals surface area contributed by atoms with Gasteiger partial charge in [0.2, 0.25) is 0 Å². The minimum Gasteiger partial charge on any atom is -0.369 e. The molecule has 2 aliphatic rings. The predicted octanol–water partition coefficient (Wildman–Crippen LogP) is 2.00. The Bertz CT molecular complexity index is 382. The van der Waals surface area contributed by atoms with Crippen molar-refractivity contribution >= 4 is 5.69 Å². The number of nitrogens with zero attached hydrogens (tertiary/aromatic N) is 3. The highest BCUT2D eigenvalue weighted by molar-refractivity contribution is 5.48. The number of hydrogen-bond acceptors (Lipinski definition) is 3. The smallest absolute Gasteiger partial charge is 0.0553 e. The summed E-state index contributed by atoms with van der Waals surface area (Å²) in [7, 11) is 0. The van der Waals surface area contributed by atoms with Gasteiger partial charge in [0.15, 0.2) is 0 Å². The molecule has 0 saturated carbocycles. The fraction of sp³-hybridized carbons (Fsp3) is 0.643. The van der Waals surface area contributed by atoms with Gasteiger partial charge in [0.05, 0.1) is 11.9 Å². The van der Waals surface area contributed by atoms with Gasteiger partial charge in [-0.05, 0) is 38.9 Å². The third kappa shape index (κ3) is 1.93. The topological polar surface area (TPSA) is 19.4 Å². The van der Waals surface area contributed by atoms with Crippen molar-refractivity contribution in [1.29, 1.82) is 0 Å². The fourth-order valence-corrected chi connectivity index (χ4v) is 3.16. The molecule has 0 aliphatic carbocycles. The maximum atomic E-state index is 4.19. The normalized spacial score (nSPS) is 23.4. The van der Waals surface area contributed by atoms with Crippen LogP contribution in [0.4, 0.5) is 5.69 Å². The minimum atomic E-state index is 0.570. The Kier molecular flexibility index (Phi) is 2.58. The van der Waals surface area contributed by atoms with E-state index in [1.807, 2.05) is 18.5 Å². The van der Waals surface area contributed by atoms with E-state index in [2.05, 4.69) is 34.7 Å². The van der Waals surface area contributed by atoms with Crippen LogP contribution in [0, 0.1) is 5.41 Å². The summed E-state index contributed by atoms with van der Waals surface area (Å²) in [6.45, 7) is 9.58. The predicted molar refractivity (Wildman–Crippen MR) is 70.2 cm³/mol. The van der Waals surface area contributed by atoms with E-state index < -0.39 is 0 Å². The van der Waals surface area contributed by atoms with Gasteiger partial charge in [-0.2, -0.15) is 0 Å². The van der Waals surface area contributed by atoms with E-state index in [4.69, 9.17) is 0 Å². The number of anilines is 1. The van der Waals surface area contributed by atoms with Gasteiger partial charge in [-0.15, -0.1) is 0 Å². The molecule has 2 aliphatic heterocycles. The molecule has 92 valence electrons. The highest BCUT2D eigenvalue weighted by Gasteiger charge is 2.47. The van der Waals surface area contributed by atoms with Crippen LogP contribution >= 0.6 is 0 Å². The summed E-state index contributed by atoms with van der Waals surface area (Å²) < 4.78 is 0. The molecule has 3 heteroatoms. The lowest BCUT2D eigenvalue weighted by atomic mass is 9.79. The summed E-state index contributed by atoms with van der Waals surface area (Å²) in [4.78, 5) is 9.26. The standard InChI is InChI=1S/C14H21N3/c1-12(2)16-7-5-14(9-16)10-17(11-14)13-4-3-6-15-8-13/h3-4,6,8,12H,5,7,9-11H2,1-2H3. The quantitative estimate of drug-likeness (QED) is 0.776. The van der Waals surface area contributed by atoms with Crippen LogP contribution in [0.5, 0.6) is 0 Å². The third-order valence-electron chi connectivity index (χ3n) is 4.26. The summed E-state index contributed by atoms with van der Waals surface area (Å²) in [6.07, 6.45) is 5.18. The van der Waals surface area contributed by atoms with Crippen LogP contribution in [-0.2, 0) is 0 Å². The maximum absolute atomic E-state index is 4.19. The first-order valence-corrected chi connectivity index (χ1v) is 6.58. The number of likely N-dealkylation sites (tertiary alicyclic amines) is 1. The van der Waals surface area contributed by atoms with E-state index in [-0.39, 0.29) is 0 Å². The number of hydrogen-bond donors (Lipinski definition) is 0. The average molecular weight is 231 g/mol. The molecule has 3 heterocycles. The van der Waals surface area contributed by atoms with Gasteiger partial charge in [-0.25, -0.2) is 0 Å². The zero-order valence-electron chi connectivity index (χ0n) is 10.8. The molecule has 0 N–H and O–H groups in total. The van der Waals surface area contributed by atoms with Crippen LogP contribution in [-0.4, -0.2) is 42.1 Å². The van der Waals surface area contributed by atoms with Crippen LogP contribution in [0.25, 0.3) is 0 Å². The molecule has 2 saturated heterocycles. The van der Waals surface area contributed by atoms with E-state index in [0.29, 0.717) is 11.5 Å². The molecule has 0 amide bonds. The minimum absolute atomic E-state index is 0.570. The Morgan fingerprint density at radius 3 is 2.71 bits per heavy atom. The van der Waals surface area contributed by atoms with Crippen molar-refractivity contribution in [1.82, 2.24) is 9.88 Å². The summed E-state index contributed by atoms with van der Waals surface area (Å²) >= 11 is 0. The lowest BCUT2D eigenvalue weighted by Gasteiger charge is -2.49. The van der Waals surface area contributed by atoms with Gasteiger partial charge in [-0.1, -0.05) is 0 Å². The average Bonchev–Trinajstić information content (AvgIpc) is 2.73. The summed E-state index contributed by atoms with van der Waals surface area (Å²) in [6, 6.07) is 4.88. The van der Waals surface area contributed by atoms with E-state index >= 15 is 0 Å². The Balaban J connectivity index is 1.62. The molecular weight excluding hydrogens is 210 g/mol. The molecule has 0 aromatic carbocycles. The van der Waals surface area contributed by atoms with Crippen molar-refractivity contribution in [3.05, 3.63) is 24.5 Å². The molecule has 17 heavy (non-hydrogen) atoms. The van der Waals surface area contributed by atoms with Crippen molar-refractivity contribution in [2.24, 2.45) is 5.41 Å². The lowest BCUT2D eigenvalue weighted by molar-refractivity contribution is 0.186. The first kappa shape index (κ1) is 11.0. The maximum Gasteiger partial charge on any atom is 0.0553 e. The van der Waals surface area contributed by atoms with Gasteiger partial charge < -0.3 is 9.80 Å². The second-order valence-corrected chi connectivity index (χ2v) is 5.88. The van der Waals surface area contributed by atoms with Gasteiger partial charge in [0.25, 0.3) is 0 Å². The summed E-state index contributed by atoms with van der Waals surface area (Å²) in [5, 5.41) is 0. The Morgan fingerprint density at radius 1 is 1.29 bits per heavy atom. The van der Waals surface area contributed by atoms with Gasteiger partial charge in [-0.3, -0.25) is 4.98 Å². The molecule has 0 atom stereocenters. The molecule has 0 unspecified atom stereocenters. The molecule has 1 aromatic heterocycles. The first-order chi connectivity index (χ1) is 8.19. The fourth-order valence-electron chi connectivity index (χ4n) is 3.16. The summed E-state index contributed by atoms with van der Waals surface area (Å²) in [5.74, 6) is 0. The van der Waals surface area contributed by atoms with Crippen LogP contribution in [0.3, 0.4) is 0 Å². The number of aromatic nitrogens is 1. The third-order valence-corrected chi connectivity index (χ3v) is 4.26. The van der Waals surface area contributed by atoms with Crippen LogP contribution < -0.4 is 4.90 Å². The van der Waals surface area contributed by atoms with Gasteiger partial charge in [0, 0.05) is 37.3 Å². The highest BCUT2D eigenvalue weighted by Crippen LogP contribution is 2.41. The van der Waals surface area contributed by atoms with Crippen molar-refractivity contribution in [2.75, 3.05) is 31.1 Å². The zero-order chi connectivity index (χ0) is 11.9. The second kappa shape index (κ2) is 3.98. The van der Waals surface area contributed by atoms with E-state index in [1.54, 1.807) is 0 Å². The Hall–Kier alpha value is -1.09. The van der Waals surface area contributed by atoms with Crippen molar-refractivity contribution < 1.29 is 0 Å². The first-order valence-electron chi connectivity index (χ1n) is 6.58. The van der Waals surface area contributed by atoms with Crippen molar-refractivity contribution in [3.8, 4) is 0 Å². The summed E-state index contributed by atoms with van der Waals surface area (Å²) in [5.41, 5.74) is 1.85. The van der Waals surface area contributed by atoms with Gasteiger partial charge in [0.1, 0.15) is 0 Å². The number of rotatable bonds is 2. The molecule has 1 aromatic rings. The molecule has 3 nitrogen and oxygen atoms in total. The largest absolute Gasteiger partial charge is 0.369 e. The van der Waals surface area contributed by atoms with E-state index in [9.17, 15) is 0 Å². The SMILES string of the molecule is CC(C)N1CCC2(CN(c3cccnc3)C2)C1. The molecule has 0 bridgehead atoms. The molecule has 1 spiro atoms. The van der Waals surface area contributed by atoms with Crippen molar-refractivity contribution in [2.45, 2.75) is 26.3 Å². The van der Waals surface area contributed by atoms with E-state index in [0.717, 1.165) is 0 Å². The zero-order valence-corrected chi connectivity index (χ0v) is 10.8.